The summed E-state index contributed by atoms with van der Waals surface area (Å²) in [5.41, 5.74) is 8.96. The number of phenols is 1. The van der Waals surface area contributed by atoms with Crippen LogP contribution in [0.4, 0.5) is 11.4 Å². The summed E-state index contributed by atoms with van der Waals surface area (Å²) in [6.45, 7) is 5.72. The second-order valence-electron chi connectivity index (χ2n) is 8.17. The van der Waals surface area contributed by atoms with Crippen molar-refractivity contribution in [1.29, 1.82) is 0 Å². The van der Waals surface area contributed by atoms with Gasteiger partial charge in [-0.15, -0.1) is 5.10 Å². The average molecular weight is 467 g/mol. The van der Waals surface area contributed by atoms with Crippen molar-refractivity contribution in [2.45, 2.75) is 20.8 Å². The maximum Gasteiger partial charge on any atom is 0.301 e. The number of rotatable bonds is 5. The highest BCUT2D eigenvalue weighted by atomic mass is 16.3. The number of benzene rings is 3. The first-order valence-electron chi connectivity index (χ1n) is 10.9. The highest BCUT2D eigenvalue weighted by Gasteiger charge is 2.31. The minimum absolute atomic E-state index is 0.0111. The van der Waals surface area contributed by atoms with Crippen molar-refractivity contribution >= 4 is 28.7 Å². The minimum Gasteiger partial charge on any atom is -0.505 e. The Labute approximate surface area is 201 Å². The first-order chi connectivity index (χ1) is 16.9. The number of carbonyl (C=O) groups excluding carboxylic acids is 1. The van der Waals surface area contributed by atoms with Crippen molar-refractivity contribution in [2.24, 2.45) is 10.2 Å². The fourth-order valence-electron chi connectivity index (χ4n) is 3.73. The van der Waals surface area contributed by atoms with Gasteiger partial charge in [0, 0.05) is 11.1 Å². The molecule has 10 heteroatoms. The van der Waals surface area contributed by atoms with Crippen LogP contribution >= 0.6 is 0 Å². The molecule has 0 atom stereocenters. The Balaban J connectivity index is 1.38. The zero-order chi connectivity index (χ0) is 24.5. The van der Waals surface area contributed by atoms with Crippen molar-refractivity contribution in [3.8, 4) is 28.3 Å². The first kappa shape index (κ1) is 22.0. The van der Waals surface area contributed by atoms with Gasteiger partial charge in [-0.25, -0.2) is 5.10 Å². The molecule has 1 aromatic heterocycles. The van der Waals surface area contributed by atoms with E-state index >= 15 is 0 Å². The fraction of sp³-hybridized carbons (Fsp3) is 0.120. The normalized spacial score (nSPS) is 14.5. The quantitative estimate of drug-likeness (QED) is 0.300. The summed E-state index contributed by atoms with van der Waals surface area (Å²) in [7, 11) is 0. The molecule has 4 aromatic rings. The third-order valence-corrected chi connectivity index (χ3v) is 5.86. The van der Waals surface area contributed by atoms with Crippen LogP contribution < -0.4 is 10.4 Å². The Kier molecular flexibility index (Phi) is 5.54. The molecule has 10 nitrogen and oxygen atoms in total. The summed E-state index contributed by atoms with van der Waals surface area (Å²) < 4.78 is 0. The number of tetrazole rings is 1. The van der Waals surface area contributed by atoms with Gasteiger partial charge in [-0.3, -0.25) is 10.2 Å². The van der Waals surface area contributed by atoms with E-state index in [9.17, 15) is 9.90 Å². The largest absolute Gasteiger partial charge is 0.505 e. The molecule has 1 aliphatic heterocycles. The monoisotopic (exact) mass is 466 g/mol. The number of hydrogen-bond acceptors (Lipinski definition) is 8. The zero-order valence-electron chi connectivity index (χ0n) is 19.3. The van der Waals surface area contributed by atoms with Crippen LogP contribution in [0.25, 0.3) is 22.5 Å². The van der Waals surface area contributed by atoms with Crippen molar-refractivity contribution in [3.63, 3.8) is 0 Å². The van der Waals surface area contributed by atoms with Gasteiger partial charge in [0.2, 0.25) is 0 Å². The van der Waals surface area contributed by atoms with Gasteiger partial charge < -0.3 is 5.11 Å². The summed E-state index contributed by atoms with van der Waals surface area (Å²) in [5, 5.41) is 34.6. The molecule has 0 saturated carbocycles. The molecule has 0 radical (unpaired) electrons. The number of aromatic amines is 1. The fourth-order valence-corrected chi connectivity index (χ4v) is 3.73. The van der Waals surface area contributed by atoms with Crippen molar-refractivity contribution in [2.75, 3.05) is 10.4 Å². The van der Waals surface area contributed by atoms with E-state index in [1.54, 1.807) is 25.1 Å². The summed E-state index contributed by atoms with van der Waals surface area (Å²) in [6.07, 6.45) is 0. The van der Waals surface area contributed by atoms with Gasteiger partial charge >= 0.3 is 5.91 Å². The first-order valence-corrected chi connectivity index (χ1v) is 10.9. The molecule has 5 rings (SSSR count). The molecule has 0 saturated heterocycles. The molecule has 0 fully saturated rings. The van der Waals surface area contributed by atoms with Crippen LogP contribution in [0.3, 0.4) is 0 Å². The van der Waals surface area contributed by atoms with Gasteiger partial charge in [-0.05, 0) is 66.1 Å². The Morgan fingerprint density at radius 3 is 2.46 bits per heavy atom. The second kappa shape index (κ2) is 8.82. The number of aromatic hydroxyl groups is 1. The number of nitrogens with zero attached hydrogens (tertiary/aromatic N) is 6. The van der Waals surface area contributed by atoms with E-state index in [0.717, 1.165) is 22.3 Å². The third-order valence-electron chi connectivity index (χ3n) is 5.86. The van der Waals surface area contributed by atoms with Crippen molar-refractivity contribution in [1.82, 2.24) is 20.6 Å². The molecule has 3 N–H and O–H groups in total. The number of H-pyrrole nitrogens is 1. The number of para-hydroxylation sites is 1. The van der Waals surface area contributed by atoms with E-state index < -0.39 is 0 Å². The lowest BCUT2D eigenvalue weighted by atomic mass is 10.0. The number of carbonyl (C=O) groups is 1. The molecule has 3 aromatic carbocycles. The number of hydrogen-bond donors (Lipinski definition) is 3. The lowest BCUT2D eigenvalue weighted by Crippen LogP contribution is -2.28. The summed E-state index contributed by atoms with van der Waals surface area (Å²) in [6, 6.07) is 18.4. The van der Waals surface area contributed by atoms with E-state index in [1.165, 1.54) is 5.01 Å². The van der Waals surface area contributed by atoms with Gasteiger partial charge in [0.15, 0.2) is 11.5 Å². The third kappa shape index (κ3) is 4.12. The van der Waals surface area contributed by atoms with E-state index in [1.807, 2.05) is 56.3 Å². The summed E-state index contributed by atoms with van der Waals surface area (Å²) >= 11 is 0. The molecular formula is C25H22N8O2. The zero-order valence-corrected chi connectivity index (χ0v) is 19.3. The standard InChI is InChI=1S/C25H22N8O2/c1-14-7-12-19(13-15(14)2)33-25(35)22(16(3)30-33)27-26-21-6-4-5-20(23(21)34)17-8-10-18(11-9-17)24-28-31-32-29-24/h4-13,26,34H,1-3H3,(H,28,29,31,32). The molecule has 0 bridgehead atoms. The molecule has 0 unspecified atom stereocenters. The molecule has 0 spiro atoms. The van der Waals surface area contributed by atoms with Crippen LogP contribution in [-0.2, 0) is 4.79 Å². The van der Waals surface area contributed by atoms with Gasteiger partial charge in [-0.1, -0.05) is 42.5 Å². The smallest absolute Gasteiger partial charge is 0.301 e. The number of amides is 1. The highest BCUT2D eigenvalue weighted by molar-refractivity contribution is 6.71. The number of aromatic nitrogens is 4. The van der Waals surface area contributed by atoms with Gasteiger partial charge in [-0.2, -0.15) is 15.2 Å². The predicted molar refractivity (Wildman–Crippen MR) is 134 cm³/mol. The Hall–Kier alpha value is -4.86. The summed E-state index contributed by atoms with van der Waals surface area (Å²) in [5.74, 6) is 0.225. The SMILES string of the molecule is CC1=NN(c2ccc(C)c(C)c2)C(=O)C1=NNc1cccc(-c2ccc(-c3nnn[nH]3)cc2)c1O. The van der Waals surface area contributed by atoms with Gasteiger partial charge in [0.05, 0.1) is 17.1 Å². The Morgan fingerprint density at radius 1 is 0.971 bits per heavy atom. The van der Waals surface area contributed by atoms with Crippen LogP contribution in [0.15, 0.2) is 70.9 Å². The van der Waals surface area contributed by atoms with Crippen LogP contribution in [0.5, 0.6) is 5.75 Å². The topological polar surface area (TPSA) is 132 Å². The number of hydrazone groups is 2. The van der Waals surface area contributed by atoms with Gasteiger partial charge in [0.1, 0.15) is 5.75 Å². The lowest BCUT2D eigenvalue weighted by Gasteiger charge is -2.13. The number of phenolic OH excluding ortho intramolecular Hbond substituents is 1. The summed E-state index contributed by atoms with van der Waals surface area (Å²) in [4.78, 5) is 13.0. The van der Waals surface area contributed by atoms with Crippen LogP contribution in [-0.4, -0.2) is 43.1 Å². The number of aryl methyl sites for hydroxylation is 2. The van der Waals surface area contributed by atoms with Crippen LogP contribution in [0.1, 0.15) is 18.1 Å². The second-order valence-corrected chi connectivity index (χ2v) is 8.17. The lowest BCUT2D eigenvalue weighted by molar-refractivity contribution is -0.112. The molecular weight excluding hydrogens is 444 g/mol. The highest BCUT2D eigenvalue weighted by Crippen LogP contribution is 2.36. The predicted octanol–water partition coefficient (Wildman–Crippen LogP) is 4.05. The molecule has 1 aliphatic rings. The maximum absolute atomic E-state index is 13.0. The van der Waals surface area contributed by atoms with E-state index in [0.29, 0.717) is 28.5 Å². The maximum atomic E-state index is 13.0. The van der Waals surface area contributed by atoms with Crippen molar-refractivity contribution < 1.29 is 9.90 Å². The van der Waals surface area contributed by atoms with E-state index in [-0.39, 0.29) is 17.4 Å². The number of anilines is 2. The van der Waals surface area contributed by atoms with E-state index in [4.69, 9.17) is 0 Å². The Bertz CT molecular complexity index is 1470. The van der Waals surface area contributed by atoms with Crippen molar-refractivity contribution in [3.05, 3.63) is 71.8 Å². The number of nitrogens with one attached hydrogen (secondary N) is 2. The Morgan fingerprint density at radius 2 is 1.74 bits per heavy atom. The molecule has 35 heavy (non-hydrogen) atoms. The van der Waals surface area contributed by atoms with E-state index in [2.05, 4.69) is 36.3 Å². The van der Waals surface area contributed by atoms with Crippen LogP contribution in [0.2, 0.25) is 0 Å². The molecule has 174 valence electrons. The molecule has 1 amide bonds. The average Bonchev–Trinajstić information content (AvgIpc) is 3.49. The minimum atomic E-state index is -0.341. The van der Waals surface area contributed by atoms with Gasteiger partial charge in [0.25, 0.3) is 0 Å². The van der Waals surface area contributed by atoms with Crippen LogP contribution in [0, 0.1) is 13.8 Å². The molecule has 0 aliphatic carbocycles. The molecule has 2 heterocycles.